The number of aromatic nitrogens is 1. The second kappa shape index (κ2) is 9.36. The van der Waals surface area contributed by atoms with Crippen LogP contribution in [0.2, 0.25) is 10.0 Å². The van der Waals surface area contributed by atoms with Gasteiger partial charge in [0.1, 0.15) is 12.4 Å². The third-order valence-corrected chi connectivity index (χ3v) is 7.29. The number of ether oxygens (including phenoxy) is 1. The molecular weight excluding hydrogens is 530 g/mol. The molecule has 0 spiro atoms. The molecule has 4 rings (SSSR count). The zero-order valence-electron chi connectivity index (χ0n) is 18.1. The monoisotopic (exact) mass is 547 g/mol. The minimum absolute atomic E-state index is 0.0156. The lowest BCUT2D eigenvalue weighted by molar-refractivity contribution is -0.137. The number of alkyl halides is 3. The third-order valence-electron chi connectivity index (χ3n) is 5.39. The summed E-state index contributed by atoms with van der Waals surface area (Å²) in [6.07, 6.45) is 1.21. The largest absolute Gasteiger partial charge is 0.490 e. The summed E-state index contributed by atoms with van der Waals surface area (Å²) in [6, 6.07) is 2.97. The molecule has 0 saturated carbocycles. The molecule has 0 bridgehead atoms. The van der Waals surface area contributed by atoms with Crippen molar-refractivity contribution >= 4 is 44.8 Å². The fraction of sp³-hybridized carbons (Fsp3) is 0.273. The summed E-state index contributed by atoms with van der Waals surface area (Å²) in [4.78, 5) is 18.4. The first-order valence-corrected chi connectivity index (χ1v) is 12.5. The van der Waals surface area contributed by atoms with Crippen molar-refractivity contribution in [1.29, 1.82) is 0 Å². The van der Waals surface area contributed by atoms with E-state index >= 15 is 0 Å². The van der Waals surface area contributed by atoms with Crippen LogP contribution in [0.3, 0.4) is 0 Å². The molecule has 0 fully saturated rings. The molecule has 7 nitrogen and oxygen atoms in total. The van der Waals surface area contributed by atoms with E-state index in [0.717, 1.165) is 12.1 Å². The van der Waals surface area contributed by atoms with Gasteiger partial charge < -0.3 is 9.64 Å². The van der Waals surface area contributed by atoms with Gasteiger partial charge in [-0.3, -0.25) is 9.52 Å². The number of sulfonamides is 1. The first kappa shape index (κ1) is 25.3. The Bertz CT molecular complexity index is 1360. The van der Waals surface area contributed by atoms with E-state index in [1.54, 1.807) is 13.0 Å². The van der Waals surface area contributed by atoms with Crippen molar-refractivity contribution in [1.82, 2.24) is 9.88 Å². The van der Waals surface area contributed by atoms with Crippen molar-refractivity contribution in [3.8, 4) is 0 Å². The molecule has 1 aromatic heterocycles. The van der Waals surface area contributed by atoms with Crippen LogP contribution < -0.4 is 4.72 Å². The van der Waals surface area contributed by atoms with E-state index < -0.39 is 37.6 Å². The van der Waals surface area contributed by atoms with Gasteiger partial charge in [-0.1, -0.05) is 29.3 Å². The second-order valence-electron chi connectivity index (χ2n) is 7.88. The van der Waals surface area contributed by atoms with E-state index in [-0.39, 0.29) is 29.1 Å². The van der Waals surface area contributed by atoms with E-state index in [4.69, 9.17) is 27.9 Å². The van der Waals surface area contributed by atoms with E-state index in [0.29, 0.717) is 30.4 Å². The maximum absolute atomic E-state index is 13.6. The summed E-state index contributed by atoms with van der Waals surface area (Å²) >= 11 is 11.6. The molecule has 186 valence electrons. The maximum atomic E-state index is 13.6. The molecule has 2 heterocycles. The van der Waals surface area contributed by atoms with Gasteiger partial charge in [0.2, 0.25) is 0 Å². The number of rotatable bonds is 4. The van der Waals surface area contributed by atoms with Gasteiger partial charge in [-0.2, -0.15) is 13.2 Å². The Morgan fingerprint density at radius 2 is 2.00 bits per heavy atom. The summed E-state index contributed by atoms with van der Waals surface area (Å²) < 4.78 is 73.6. The van der Waals surface area contributed by atoms with Crippen LogP contribution in [0.5, 0.6) is 0 Å². The smallest absolute Gasteiger partial charge is 0.417 e. The number of carbonyl (C=O) groups is 1. The van der Waals surface area contributed by atoms with E-state index in [1.807, 2.05) is 6.08 Å². The quantitative estimate of drug-likeness (QED) is 0.535. The average Bonchev–Trinajstić information content (AvgIpc) is 2.78. The van der Waals surface area contributed by atoms with Crippen LogP contribution >= 0.6 is 23.2 Å². The van der Waals surface area contributed by atoms with Gasteiger partial charge in [0.05, 0.1) is 37.9 Å². The van der Waals surface area contributed by atoms with Crippen LogP contribution in [0, 0.1) is 0 Å². The SMILES string of the molecule is CC1COC2=C(CCC=C2)N1C(=O)c1ncc(Cl)cc1NS(=O)(=O)c1ccc(Cl)c(C(F)(F)F)c1. The first-order chi connectivity index (χ1) is 16.4. The van der Waals surface area contributed by atoms with Gasteiger partial charge in [-0.15, -0.1) is 0 Å². The van der Waals surface area contributed by atoms with Gasteiger partial charge in [-0.25, -0.2) is 13.4 Å². The number of hydrogen-bond donors (Lipinski definition) is 1. The molecular formula is C22H18Cl2F3N3O4S. The highest BCUT2D eigenvalue weighted by atomic mass is 35.5. The number of hydrogen-bond acceptors (Lipinski definition) is 5. The first-order valence-electron chi connectivity index (χ1n) is 10.3. The van der Waals surface area contributed by atoms with Crippen molar-refractivity contribution in [3.05, 3.63) is 75.4 Å². The number of benzene rings is 1. The van der Waals surface area contributed by atoms with Crippen molar-refractivity contribution in [2.45, 2.75) is 36.9 Å². The van der Waals surface area contributed by atoms with Crippen LogP contribution in [0.1, 0.15) is 35.8 Å². The van der Waals surface area contributed by atoms with Crippen molar-refractivity contribution in [2.75, 3.05) is 11.3 Å². The number of carbonyl (C=O) groups excluding carboxylic acids is 1. The highest BCUT2D eigenvalue weighted by molar-refractivity contribution is 7.92. The molecule has 1 aliphatic heterocycles. The summed E-state index contributed by atoms with van der Waals surface area (Å²) in [7, 11) is -4.58. The standard InChI is InChI=1S/C22H18Cl2F3N3O4S/c1-12-11-34-19-5-3-2-4-18(19)30(12)21(31)20-17(8-13(23)10-28-20)29-35(32,33)14-6-7-16(24)15(9-14)22(25,26)27/h3,5-10,12,29H,2,4,11H2,1H3. The Labute approximate surface area is 209 Å². The molecule has 0 radical (unpaired) electrons. The Morgan fingerprint density at radius 3 is 2.71 bits per heavy atom. The molecule has 0 saturated heterocycles. The van der Waals surface area contributed by atoms with Crippen LogP contribution in [0.25, 0.3) is 0 Å². The summed E-state index contributed by atoms with van der Waals surface area (Å²) in [5.41, 5.74) is -1.22. The van der Waals surface area contributed by atoms with E-state index in [2.05, 4.69) is 9.71 Å². The van der Waals surface area contributed by atoms with Gasteiger partial charge in [0.25, 0.3) is 15.9 Å². The Hall–Kier alpha value is -2.76. The summed E-state index contributed by atoms with van der Waals surface area (Å²) in [5, 5.41) is -0.634. The molecule has 1 atom stereocenters. The number of nitrogens with one attached hydrogen (secondary N) is 1. The Balaban J connectivity index is 1.73. The van der Waals surface area contributed by atoms with Gasteiger partial charge >= 0.3 is 6.18 Å². The third kappa shape index (κ3) is 5.12. The molecule has 1 aliphatic carbocycles. The molecule has 1 aromatic carbocycles. The number of anilines is 1. The normalized spacial score (nSPS) is 18.2. The van der Waals surface area contributed by atoms with Crippen LogP contribution in [0.4, 0.5) is 18.9 Å². The lowest BCUT2D eigenvalue weighted by Gasteiger charge is -2.37. The van der Waals surface area contributed by atoms with Crippen LogP contribution in [-0.2, 0) is 20.9 Å². The number of amides is 1. The Morgan fingerprint density at radius 1 is 1.26 bits per heavy atom. The fourth-order valence-electron chi connectivity index (χ4n) is 3.77. The van der Waals surface area contributed by atoms with E-state index in [9.17, 15) is 26.4 Å². The minimum Gasteiger partial charge on any atom is -0.490 e. The molecule has 2 aromatic rings. The van der Waals surface area contributed by atoms with Crippen molar-refractivity contribution < 1.29 is 31.1 Å². The van der Waals surface area contributed by atoms with Gasteiger partial charge in [0.15, 0.2) is 5.69 Å². The number of halogens is 5. The second-order valence-corrected chi connectivity index (χ2v) is 10.4. The molecule has 1 unspecified atom stereocenters. The Kier molecular flexibility index (Phi) is 6.78. The topological polar surface area (TPSA) is 88.6 Å². The highest BCUT2D eigenvalue weighted by Gasteiger charge is 2.36. The van der Waals surface area contributed by atoms with Crippen LogP contribution in [-0.4, -0.2) is 36.9 Å². The predicted molar refractivity (Wildman–Crippen MR) is 123 cm³/mol. The fourth-order valence-corrected chi connectivity index (χ4v) is 5.23. The van der Waals surface area contributed by atoms with Gasteiger partial charge in [0, 0.05) is 6.20 Å². The maximum Gasteiger partial charge on any atom is 0.417 e. The minimum atomic E-state index is -4.87. The number of pyridine rings is 1. The number of nitrogens with zero attached hydrogens (tertiary/aromatic N) is 2. The predicted octanol–water partition coefficient (Wildman–Crippen LogP) is 5.63. The zero-order chi connectivity index (χ0) is 25.5. The van der Waals surface area contributed by atoms with Crippen molar-refractivity contribution in [2.24, 2.45) is 0 Å². The summed E-state index contributed by atoms with van der Waals surface area (Å²) in [5.74, 6) is -0.0651. The molecule has 2 aliphatic rings. The summed E-state index contributed by atoms with van der Waals surface area (Å²) in [6.45, 7) is 1.99. The lowest BCUT2D eigenvalue weighted by Crippen LogP contribution is -2.45. The van der Waals surface area contributed by atoms with Crippen molar-refractivity contribution in [3.63, 3.8) is 0 Å². The molecule has 1 amide bonds. The highest BCUT2D eigenvalue weighted by Crippen LogP contribution is 2.37. The number of allylic oxidation sites excluding steroid dienone is 3. The molecule has 35 heavy (non-hydrogen) atoms. The van der Waals surface area contributed by atoms with Crippen LogP contribution in [0.15, 0.2) is 59.0 Å². The molecule has 1 N–H and O–H groups in total. The molecule has 13 heteroatoms. The van der Waals surface area contributed by atoms with Gasteiger partial charge in [-0.05, 0) is 50.1 Å². The zero-order valence-corrected chi connectivity index (χ0v) is 20.4. The van der Waals surface area contributed by atoms with E-state index in [1.165, 1.54) is 17.2 Å². The lowest BCUT2D eigenvalue weighted by atomic mass is 10.0. The average molecular weight is 548 g/mol.